The maximum Gasteiger partial charge on any atom is 0.343 e. The highest BCUT2D eigenvalue weighted by molar-refractivity contribution is 5.91. The van der Waals surface area contributed by atoms with Gasteiger partial charge in [0.1, 0.15) is 34.5 Å². The first-order valence-electron chi connectivity index (χ1n) is 29.8. The second-order valence-corrected chi connectivity index (χ2v) is 20.5. The highest BCUT2D eigenvalue weighted by atomic mass is 16.5. The third kappa shape index (κ3) is 30.2. The fourth-order valence-corrected chi connectivity index (χ4v) is 9.09. The van der Waals surface area contributed by atoms with Gasteiger partial charge in [0.25, 0.3) is 0 Å². The van der Waals surface area contributed by atoms with E-state index in [1.165, 1.54) is 154 Å². The number of esters is 4. The summed E-state index contributed by atoms with van der Waals surface area (Å²) in [5.74, 6) is 1.36. The Bertz CT molecular complexity index is 1960. The molecular formula is C66H94O10. The second-order valence-electron chi connectivity index (χ2n) is 20.5. The molecule has 10 heteroatoms. The van der Waals surface area contributed by atoms with E-state index in [4.69, 9.17) is 28.4 Å². The minimum Gasteiger partial charge on any atom is -0.494 e. The van der Waals surface area contributed by atoms with Gasteiger partial charge in [-0.2, -0.15) is 0 Å². The maximum atomic E-state index is 12.8. The first-order chi connectivity index (χ1) is 37.3. The fraction of sp³-hybridized carbons (Fsp3) is 0.576. The summed E-state index contributed by atoms with van der Waals surface area (Å²) in [6.07, 6.45) is 39.7. The lowest BCUT2D eigenvalue weighted by molar-refractivity contribution is -0.135. The maximum absolute atomic E-state index is 12.8. The van der Waals surface area contributed by atoms with Crippen molar-refractivity contribution in [3.05, 3.63) is 108 Å². The molecule has 0 amide bonds. The molecule has 4 aromatic carbocycles. The van der Waals surface area contributed by atoms with Crippen LogP contribution in [0.15, 0.2) is 97.1 Å². The van der Waals surface area contributed by atoms with Gasteiger partial charge >= 0.3 is 23.9 Å². The molecule has 0 N–H and O–H groups in total. The third-order valence-electron chi connectivity index (χ3n) is 13.8. The van der Waals surface area contributed by atoms with Crippen LogP contribution >= 0.6 is 0 Å². The molecule has 4 rings (SSSR count). The number of hydrogen-bond donors (Lipinski definition) is 0. The molecule has 418 valence electrons. The van der Waals surface area contributed by atoms with E-state index in [2.05, 4.69) is 13.8 Å². The molecule has 0 aromatic heterocycles. The molecule has 0 fully saturated rings. The smallest absolute Gasteiger partial charge is 0.343 e. The number of ether oxygens (including phenoxy) is 6. The highest BCUT2D eigenvalue weighted by Crippen LogP contribution is 2.24. The molecule has 0 heterocycles. The van der Waals surface area contributed by atoms with Gasteiger partial charge in [-0.25, -0.2) is 9.59 Å². The Morgan fingerprint density at radius 3 is 0.763 bits per heavy atom. The minimum absolute atomic E-state index is 0.294. The molecule has 0 aliphatic carbocycles. The summed E-state index contributed by atoms with van der Waals surface area (Å²) >= 11 is 0. The van der Waals surface area contributed by atoms with Crippen LogP contribution in [0.5, 0.6) is 34.5 Å². The van der Waals surface area contributed by atoms with Crippen LogP contribution in [0, 0.1) is 0 Å². The number of rotatable bonds is 45. The Labute approximate surface area is 457 Å². The summed E-state index contributed by atoms with van der Waals surface area (Å²) in [4.78, 5) is 50.5. The molecule has 0 aliphatic rings. The summed E-state index contributed by atoms with van der Waals surface area (Å²) in [7, 11) is 0. The van der Waals surface area contributed by atoms with Crippen molar-refractivity contribution < 1.29 is 47.6 Å². The van der Waals surface area contributed by atoms with E-state index in [0.717, 1.165) is 50.0 Å². The van der Waals surface area contributed by atoms with Crippen LogP contribution in [0.1, 0.15) is 253 Å². The molecule has 0 saturated carbocycles. The lowest BCUT2D eigenvalue weighted by Crippen LogP contribution is -2.09. The molecule has 76 heavy (non-hydrogen) atoms. The molecular weight excluding hydrogens is 953 g/mol. The first kappa shape index (κ1) is 62.9. The van der Waals surface area contributed by atoms with Crippen molar-refractivity contribution in [1.82, 2.24) is 0 Å². The summed E-state index contributed by atoms with van der Waals surface area (Å²) < 4.78 is 33.8. The SMILES string of the molecule is CCCCCCCCCCCCCCCOc1ccc(C(=O)Oc2ccc(OC(=O)CCCCCCCCC(=O)Oc3ccc(OC(=O)c4ccc(OCCCCCCCCCCCCCCC)cc4)cc3)cc2)cc1. The van der Waals surface area contributed by atoms with Crippen molar-refractivity contribution in [2.45, 2.75) is 232 Å². The predicted octanol–water partition coefficient (Wildman–Crippen LogP) is 18.7. The fourth-order valence-electron chi connectivity index (χ4n) is 9.09. The van der Waals surface area contributed by atoms with Gasteiger partial charge in [-0.15, -0.1) is 0 Å². The van der Waals surface area contributed by atoms with Gasteiger partial charge < -0.3 is 28.4 Å². The quantitative estimate of drug-likeness (QED) is 0.0240. The lowest BCUT2D eigenvalue weighted by atomic mass is 10.0. The zero-order valence-corrected chi connectivity index (χ0v) is 46.8. The van der Waals surface area contributed by atoms with E-state index in [1.54, 1.807) is 97.1 Å². The Hall–Kier alpha value is -5.64. The van der Waals surface area contributed by atoms with Crippen molar-refractivity contribution in [1.29, 1.82) is 0 Å². The molecule has 0 spiro atoms. The van der Waals surface area contributed by atoms with Gasteiger partial charge in [-0.05, 0) is 123 Å². The molecule has 0 saturated heterocycles. The predicted molar refractivity (Wildman–Crippen MR) is 306 cm³/mol. The van der Waals surface area contributed by atoms with Crippen LogP contribution in [0.3, 0.4) is 0 Å². The number of unbranched alkanes of at least 4 members (excludes halogenated alkanes) is 29. The van der Waals surface area contributed by atoms with Gasteiger partial charge in [-0.3, -0.25) is 9.59 Å². The van der Waals surface area contributed by atoms with Gasteiger partial charge in [0, 0.05) is 12.8 Å². The van der Waals surface area contributed by atoms with E-state index >= 15 is 0 Å². The summed E-state index contributed by atoms with van der Waals surface area (Å²) in [5, 5.41) is 0. The van der Waals surface area contributed by atoms with Gasteiger partial charge in [0.05, 0.1) is 24.3 Å². The topological polar surface area (TPSA) is 124 Å². The summed E-state index contributed by atoms with van der Waals surface area (Å²) in [5.41, 5.74) is 0.844. The van der Waals surface area contributed by atoms with E-state index in [9.17, 15) is 19.2 Å². The largest absolute Gasteiger partial charge is 0.494 e. The lowest BCUT2D eigenvalue weighted by Gasteiger charge is -2.09. The zero-order chi connectivity index (χ0) is 53.9. The van der Waals surface area contributed by atoms with Crippen LogP contribution in [-0.2, 0) is 9.59 Å². The Balaban J connectivity index is 0.948. The van der Waals surface area contributed by atoms with E-state index < -0.39 is 11.9 Å². The van der Waals surface area contributed by atoms with Crippen molar-refractivity contribution in [3.8, 4) is 34.5 Å². The van der Waals surface area contributed by atoms with Crippen molar-refractivity contribution >= 4 is 23.9 Å². The Morgan fingerprint density at radius 1 is 0.263 bits per heavy atom. The average Bonchev–Trinajstić information content (AvgIpc) is 3.43. The van der Waals surface area contributed by atoms with Crippen LogP contribution in [0.2, 0.25) is 0 Å². The first-order valence-corrected chi connectivity index (χ1v) is 29.8. The molecule has 0 bridgehead atoms. The zero-order valence-electron chi connectivity index (χ0n) is 46.8. The molecule has 4 aromatic rings. The van der Waals surface area contributed by atoms with Gasteiger partial charge in [-0.1, -0.05) is 194 Å². The van der Waals surface area contributed by atoms with E-state index in [0.29, 0.717) is 73.0 Å². The number of carbonyl (C=O) groups is 4. The average molecular weight is 1050 g/mol. The van der Waals surface area contributed by atoms with Gasteiger partial charge in [0.2, 0.25) is 0 Å². The van der Waals surface area contributed by atoms with Crippen LogP contribution in [-0.4, -0.2) is 37.1 Å². The van der Waals surface area contributed by atoms with Crippen LogP contribution in [0.4, 0.5) is 0 Å². The normalized spacial score (nSPS) is 11.0. The standard InChI is InChI=1S/C66H94O10/c1-3-5-7-9-11-13-15-17-19-21-25-29-33-53-71-57-41-37-55(38-42-57)65(69)75-61-49-45-59(46-50-61)73-63(67)35-31-27-23-24-28-32-36-64(68)74-60-47-51-62(52-48-60)76-66(70)56-39-43-58(44-40-56)72-54-34-30-26-22-20-18-16-14-12-10-8-6-4-2/h37-52H,3-36,53-54H2,1-2H3. The van der Waals surface area contributed by atoms with Gasteiger partial charge in [0.15, 0.2) is 0 Å². The van der Waals surface area contributed by atoms with Crippen LogP contribution in [0.25, 0.3) is 0 Å². The molecule has 10 nitrogen and oxygen atoms in total. The molecule has 0 aliphatic heterocycles. The molecule has 0 unspecified atom stereocenters. The molecule has 0 radical (unpaired) electrons. The number of benzene rings is 4. The van der Waals surface area contributed by atoms with Crippen molar-refractivity contribution in [2.75, 3.05) is 13.2 Å². The number of hydrogen-bond acceptors (Lipinski definition) is 10. The van der Waals surface area contributed by atoms with E-state index in [-0.39, 0.29) is 11.9 Å². The monoisotopic (exact) mass is 1050 g/mol. The minimum atomic E-state index is -0.477. The summed E-state index contributed by atoms with van der Waals surface area (Å²) in [6.45, 7) is 5.86. The molecule has 0 atom stereocenters. The van der Waals surface area contributed by atoms with Crippen molar-refractivity contribution in [3.63, 3.8) is 0 Å². The highest BCUT2D eigenvalue weighted by Gasteiger charge is 2.13. The van der Waals surface area contributed by atoms with E-state index in [1.807, 2.05) is 0 Å². The number of carbonyl (C=O) groups excluding carboxylic acids is 4. The second kappa shape index (κ2) is 41.5. The Morgan fingerprint density at radius 2 is 0.487 bits per heavy atom. The van der Waals surface area contributed by atoms with Crippen molar-refractivity contribution in [2.24, 2.45) is 0 Å². The third-order valence-corrected chi connectivity index (χ3v) is 13.8. The Kier molecular flexibility index (Phi) is 34.4. The van der Waals surface area contributed by atoms with Crippen LogP contribution < -0.4 is 28.4 Å². The summed E-state index contributed by atoms with van der Waals surface area (Å²) in [6, 6.07) is 26.9.